The van der Waals surface area contributed by atoms with Gasteiger partial charge in [0.25, 0.3) is 0 Å². The Hall–Kier alpha value is -0.500. The molecule has 0 saturated carbocycles. The fourth-order valence-electron chi connectivity index (χ4n) is 0.884. The molecule has 0 aliphatic heterocycles. The van der Waals surface area contributed by atoms with Crippen molar-refractivity contribution in [2.75, 3.05) is 0 Å². The number of halogens is 1. The van der Waals surface area contributed by atoms with Gasteiger partial charge < -0.3 is 0 Å². The smallest absolute Gasteiger partial charge is 0.124 e. The maximum absolute atomic E-state index is 12.7. The highest BCUT2D eigenvalue weighted by molar-refractivity contribution is 8.00. The van der Waals surface area contributed by atoms with E-state index in [1.807, 2.05) is 6.07 Å². The van der Waals surface area contributed by atoms with Gasteiger partial charge in [-0.15, -0.1) is 11.8 Å². The van der Waals surface area contributed by atoms with Gasteiger partial charge >= 0.3 is 0 Å². The molecule has 0 aliphatic carbocycles. The summed E-state index contributed by atoms with van der Waals surface area (Å²) in [6.45, 7) is 6.34. The molecular weight excluding hydrogens is 171 g/mol. The van der Waals surface area contributed by atoms with E-state index in [-0.39, 0.29) is 10.6 Å². The molecule has 1 rings (SSSR count). The van der Waals surface area contributed by atoms with Crippen LogP contribution in [0.25, 0.3) is 0 Å². The molecule has 0 aliphatic rings. The summed E-state index contributed by atoms with van der Waals surface area (Å²) in [5.41, 5.74) is 0. The molecule has 1 aromatic rings. The zero-order valence-corrected chi connectivity index (χ0v) is 8.41. The lowest BCUT2D eigenvalue weighted by atomic mass is 10.3. The zero-order chi connectivity index (χ0) is 9.19. The summed E-state index contributed by atoms with van der Waals surface area (Å²) in [5.74, 6) is -0.163. The van der Waals surface area contributed by atoms with E-state index in [1.165, 1.54) is 6.07 Å². The molecule has 0 spiro atoms. The fourth-order valence-corrected chi connectivity index (χ4v) is 1.91. The highest BCUT2D eigenvalue weighted by atomic mass is 32.2. The summed E-state index contributed by atoms with van der Waals surface area (Å²) >= 11 is 1.67. The van der Waals surface area contributed by atoms with E-state index in [9.17, 15) is 4.39 Å². The molecule has 0 saturated heterocycles. The quantitative estimate of drug-likeness (QED) is 0.599. The Labute approximate surface area is 77.2 Å². The van der Waals surface area contributed by atoms with Crippen molar-refractivity contribution in [2.45, 2.75) is 30.4 Å². The second-order valence-corrected chi connectivity index (χ2v) is 5.57. The van der Waals surface area contributed by atoms with Crippen molar-refractivity contribution in [1.82, 2.24) is 0 Å². The first kappa shape index (κ1) is 9.59. The standard InChI is InChI=1S/C10H13FS/c1-10(2,3)12-9-6-4-5-8(11)7-9/h4-7H,1-3H3. The molecule has 0 bridgehead atoms. The SMILES string of the molecule is CC(C)(C)Sc1cccc(F)c1. The van der Waals surface area contributed by atoms with Crippen molar-refractivity contribution in [3.05, 3.63) is 30.1 Å². The van der Waals surface area contributed by atoms with Gasteiger partial charge in [0.15, 0.2) is 0 Å². The van der Waals surface area contributed by atoms with Gasteiger partial charge in [0, 0.05) is 9.64 Å². The maximum atomic E-state index is 12.7. The minimum atomic E-state index is -0.163. The molecule has 0 fully saturated rings. The number of thioether (sulfide) groups is 1. The van der Waals surface area contributed by atoms with E-state index in [4.69, 9.17) is 0 Å². The molecule has 2 heteroatoms. The molecule has 0 heterocycles. The van der Waals surface area contributed by atoms with E-state index < -0.39 is 0 Å². The summed E-state index contributed by atoms with van der Waals surface area (Å²) in [6.07, 6.45) is 0. The van der Waals surface area contributed by atoms with Crippen molar-refractivity contribution >= 4 is 11.8 Å². The van der Waals surface area contributed by atoms with Crippen LogP contribution in [0.2, 0.25) is 0 Å². The van der Waals surface area contributed by atoms with Crippen LogP contribution in [-0.4, -0.2) is 4.75 Å². The van der Waals surface area contributed by atoms with Crippen LogP contribution in [0.1, 0.15) is 20.8 Å². The third kappa shape index (κ3) is 3.26. The van der Waals surface area contributed by atoms with Gasteiger partial charge in [0.2, 0.25) is 0 Å². The Bertz CT molecular complexity index is 263. The molecule has 0 aromatic heterocycles. The van der Waals surface area contributed by atoms with Crippen molar-refractivity contribution in [3.63, 3.8) is 0 Å². The molecule has 0 nitrogen and oxygen atoms in total. The Morgan fingerprint density at radius 1 is 1.25 bits per heavy atom. The highest BCUT2D eigenvalue weighted by Crippen LogP contribution is 2.31. The van der Waals surface area contributed by atoms with Gasteiger partial charge in [-0.1, -0.05) is 26.8 Å². The van der Waals surface area contributed by atoms with Crippen molar-refractivity contribution < 1.29 is 4.39 Å². The van der Waals surface area contributed by atoms with Gasteiger partial charge in [0.05, 0.1) is 0 Å². The molecule has 0 amide bonds. The van der Waals surface area contributed by atoms with Gasteiger partial charge in [-0.25, -0.2) is 4.39 Å². The number of benzene rings is 1. The molecular formula is C10H13FS. The minimum absolute atomic E-state index is 0.147. The van der Waals surface area contributed by atoms with Crippen molar-refractivity contribution in [1.29, 1.82) is 0 Å². The van der Waals surface area contributed by atoms with Crippen LogP contribution in [0.5, 0.6) is 0 Å². The van der Waals surface area contributed by atoms with Crippen LogP contribution < -0.4 is 0 Å². The summed E-state index contributed by atoms with van der Waals surface area (Å²) in [7, 11) is 0. The predicted molar refractivity (Wildman–Crippen MR) is 52.0 cm³/mol. The number of hydrogen-bond donors (Lipinski definition) is 0. The average molecular weight is 184 g/mol. The predicted octanol–water partition coefficient (Wildman–Crippen LogP) is 3.72. The van der Waals surface area contributed by atoms with Crippen LogP contribution >= 0.6 is 11.8 Å². The van der Waals surface area contributed by atoms with Crippen LogP contribution in [0.4, 0.5) is 4.39 Å². The van der Waals surface area contributed by atoms with Crippen molar-refractivity contribution in [3.8, 4) is 0 Å². The Kier molecular flexibility index (Phi) is 2.78. The Morgan fingerprint density at radius 3 is 2.42 bits per heavy atom. The fraction of sp³-hybridized carbons (Fsp3) is 0.400. The van der Waals surface area contributed by atoms with E-state index >= 15 is 0 Å². The van der Waals surface area contributed by atoms with Gasteiger partial charge in [0.1, 0.15) is 5.82 Å². The average Bonchev–Trinajstić information content (AvgIpc) is 1.82. The van der Waals surface area contributed by atoms with Gasteiger partial charge in [-0.05, 0) is 18.2 Å². The molecule has 0 N–H and O–H groups in total. The van der Waals surface area contributed by atoms with E-state index in [0.717, 1.165) is 4.90 Å². The van der Waals surface area contributed by atoms with E-state index in [0.29, 0.717) is 0 Å². The monoisotopic (exact) mass is 184 g/mol. The lowest BCUT2D eigenvalue weighted by Crippen LogP contribution is -2.06. The normalized spacial score (nSPS) is 11.7. The maximum Gasteiger partial charge on any atom is 0.124 e. The summed E-state index contributed by atoms with van der Waals surface area (Å²) in [6, 6.07) is 6.70. The molecule has 0 unspecified atom stereocenters. The minimum Gasteiger partial charge on any atom is -0.207 e. The van der Waals surface area contributed by atoms with Crippen LogP contribution in [0.3, 0.4) is 0 Å². The van der Waals surface area contributed by atoms with Crippen LogP contribution in [-0.2, 0) is 0 Å². The molecule has 66 valence electrons. The highest BCUT2D eigenvalue weighted by Gasteiger charge is 2.11. The molecule has 1 aromatic carbocycles. The first-order chi connectivity index (χ1) is 5.47. The second-order valence-electron chi connectivity index (χ2n) is 3.67. The largest absolute Gasteiger partial charge is 0.207 e. The third-order valence-corrected chi connectivity index (χ3v) is 2.32. The Morgan fingerprint density at radius 2 is 1.92 bits per heavy atom. The molecule has 12 heavy (non-hydrogen) atoms. The zero-order valence-electron chi connectivity index (χ0n) is 7.60. The van der Waals surface area contributed by atoms with E-state index in [1.54, 1.807) is 23.9 Å². The summed E-state index contributed by atoms with van der Waals surface area (Å²) < 4.78 is 12.9. The molecule has 0 radical (unpaired) electrons. The third-order valence-electron chi connectivity index (χ3n) is 1.22. The van der Waals surface area contributed by atoms with Crippen molar-refractivity contribution in [2.24, 2.45) is 0 Å². The van der Waals surface area contributed by atoms with E-state index in [2.05, 4.69) is 20.8 Å². The number of hydrogen-bond acceptors (Lipinski definition) is 1. The van der Waals surface area contributed by atoms with Crippen LogP contribution in [0.15, 0.2) is 29.2 Å². The number of rotatable bonds is 1. The van der Waals surface area contributed by atoms with Gasteiger partial charge in [-0.3, -0.25) is 0 Å². The second kappa shape index (κ2) is 3.48. The topological polar surface area (TPSA) is 0 Å². The lowest BCUT2D eigenvalue weighted by Gasteiger charge is -2.17. The Balaban J connectivity index is 2.77. The summed E-state index contributed by atoms with van der Waals surface area (Å²) in [5, 5.41) is 0. The molecule has 0 atom stereocenters. The lowest BCUT2D eigenvalue weighted by molar-refractivity contribution is 0.624. The van der Waals surface area contributed by atoms with Gasteiger partial charge in [-0.2, -0.15) is 0 Å². The summed E-state index contributed by atoms with van der Waals surface area (Å²) in [4.78, 5) is 0.988. The first-order valence-corrected chi connectivity index (χ1v) is 4.74. The first-order valence-electron chi connectivity index (χ1n) is 3.92. The van der Waals surface area contributed by atoms with Crippen LogP contribution in [0, 0.1) is 5.82 Å².